The highest BCUT2D eigenvalue weighted by Crippen LogP contribution is 2.47. The summed E-state index contributed by atoms with van der Waals surface area (Å²) in [6.45, 7) is 17.7. The summed E-state index contributed by atoms with van der Waals surface area (Å²) in [5.41, 5.74) is 0.800. The molecule has 0 aromatic rings. The molecule has 0 amide bonds. The molecule has 186 valence electrons. The van der Waals surface area contributed by atoms with E-state index in [1.54, 1.807) is 0 Å². The number of nitrogens with zero attached hydrogens (tertiary/aromatic N) is 1. The van der Waals surface area contributed by atoms with Gasteiger partial charge in [0.05, 0.1) is 6.61 Å². The lowest BCUT2D eigenvalue weighted by Crippen LogP contribution is -2.45. The Morgan fingerprint density at radius 2 is 1.23 bits per heavy atom. The highest BCUT2D eigenvalue weighted by atomic mass is 16.5. The average Bonchev–Trinajstić information content (AvgIpc) is 2.84. The first-order valence-electron chi connectivity index (χ1n) is 13.5. The first-order valence-corrected chi connectivity index (χ1v) is 13.5. The summed E-state index contributed by atoms with van der Waals surface area (Å²) in [5.74, 6) is 0.776. The molecule has 3 nitrogen and oxygen atoms in total. The number of unbranched alkanes of at least 4 members (excludes halogenated alkanes) is 12. The van der Waals surface area contributed by atoms with E-state index in [9.17, 15) is 4.79 Å². The van der Waals surface area contributed by atoms with Gasteiger partial charge in [0, 0.05) is 18.5 Å². The minimum absolute atomic E-state index is 0.0319. The van der Waals surface area contributed by atoms with E-state index in [0.29, 0.717) is 24.0 Å². The maximum atomic E-state index is 11.1. The molecule has 3 heteroatoms. The summed E-state index contributed by atoms with van der Waals surface area (Å²) in [7, 11) is 2.23. The van der Waals surface area contributed by atoms with Crippen LogP contribution in [0.1, 0.15) is 138 Å². The van der Waals surface area contributed by atoms with Crippen molar-refractivity contribution in [2.75, 3.05) is 20.2 Å². The second-order valence-electron chi connectivity index (χ2n) is 10.9. The minimum Gasteiger partial charge on any atom is -0.466 e. The Bertz CT molecular complexity index is 426. The van der Waals surface area contributed by atoms with Gasteiger partial charge in [-0.2, -0.15) is 0 Å². The van der Waals surface area contributed by atoms with Crippen LogP contribution in [0.25, 0.3) is 0 Å². The molecule has 1 aliphatic rings. The molecule has 0 bridgehead atoms. The molecule has 0 aromatic carbocycles. The second-order valence-corrected chi connectivity index (χ2v) is 10.9. The van der Waals surface area contributed by atoms with E-state index in [4.69, 9.17) is 4.74 Å². The van der Waals surface area contributed by atoms with E-state index >= 15 is 0 Å². The van der Waals surface area contributed by atoms with Crippen LogP contribution in [0.2, 0.25) is 0 Å². The van der Waals surface area contributed by atoms with Crippen LogP contribution in [-0.4, -0.2) is 36.6 Å². The molecule has 0 N–H and O–H groups in total. The Morgan fingerprint density at radius 3 is 1.52 bits per heavy atom. The Kier molecular flexibility index (Phi) is 16.7. The molecular weight excluding hydrogens is 382 g/mol. The highest BCUT2D eigenvalue weighted by molar-refractivity contribution is 5.69. The normalized spacial score (nSPS) is 19.7. The topological polar surface area (TPSA) is 29.5 Å². The minimum atomic E-state index is -0.0319. The number of rotatable bonds is 15. The van der Waals surface area contributed by atoms with Crippen LogP contribution in [0.4, 0.5) is 0 Å². The van der Waals surface area contributed by atoms with Crippen LogP contribution in [0.15, 0.2) is 0 Å². The predicted octanol–water partition coefficient (Wildman–Crippen LogP) is 8.40. The summed E-state index contributed by atoms with van der Waals surface area (Å²) < 4.78 is 4.91. The zero-order valence-corrected chi connectivity index (χ0v) is 22.7. The van der Waals surface area contributed by atoms with Crippen LogP contribution in [-0.2, 0) is 9.53 Å². The number of hydrogen-bond acceptors (Lipinski definition) is 3. The summed E-state index contributed by atoms with van der Waals surface area (Å²) in [4.78, 5) is 13.6. The molecule has 1 aliphatic heterocycles. The molecule has 1 saturated heterocycles. The number of esters is 1. The fourth-order valence-electron chi connectivity index (χ4n) is 4.48. The van der Waals surface area contributed by atoms with E-state index in [1.807, 2.05) is 6.92 Å². The standard InChI is InChI=1S/C18H36O2.C10H21N/c1-3-5-6-7-8-9-10-11-12-13-14-15-16-17-18(19)20-4-2;1-8-7-11(6)10(4,5)9(8,2)3/h3-17H2,1-2H3;8H,7H2,1-6H3. The summed E-state index contributed by atoms with van der Waals surface area (Å²) in [6.07, 6.45) is 18.0. The fourth-order valence-corrected chi connectivity index (χ4v) is 4.48. The van der Waals surface area contributed by atoms with E-state index in [1.165, 1.54) is 83.6 Å². The molecule has 31 heavy (non-hydrogen) atoms. The number of carbonyl (C=O) groups excluding carboxylic acids is 1. The zero-order chi connectivity index (χ0) is 23.8. The smallest absolute Gasteiger partial charge is 0.305 e. The van der Waals surface area contributed by atoms with Gasteiger partial charge in [-0.1, -0.05) is 105 Å². The predicted molar refractivity (Wildman–Crippen MR) is 137 cm³/mol. The van der Waals surface area contributed by atoms with Crippen LogP contribution in [0.3, 0.4) is 0 Å². The third-order valence-corrected chi connectivity index (χ3v) is 8.10. The van der Waals surface area contributed by atoms with E-state index in [-0.39, 0.29) is 5.97 Å². The summed E-state index contributed by atoms with van der Waals surface area (Å²) in [6, 6.07) is 0. The third-order valence-electron chi connectivity index (χ3n) is 8.10. The summed E-state index contributed by atoms with van der Waals surface area (Å²) in [5, 5.41) is 0. The van der Waals surface area contributed by atoms with Crippen molar-refractivity contribution in [3.05, 3.63) is 0 Å². The van der Waals surface area contributed by atoms with Gasteiger partial charge >= 0.3 is 5.97 Å². The maximum Gasteiger partial charge on any atom is 0.305 e. The van der Waals surface area contributed by atoms with Gasteiger partial charge in [0.2, 0.25) is 0 Å². The molecule has 1 atom stereocenters. The Morgan fingerprint density at radius 1 is 0.806 bits per heavy atom. The van der Waals surface area contributed by atoms with Gasteiger partial charge in [0.1, 0.15) is 0 Å². The van der Waals surface area contributed by atoms with E-state index in [2.05, 4.69) is 53.5 Å². The largest absolute Gasteiger partial charge is 0.466 e. The van der Waals surface area contributed by atoms with Crippen LogP contribution < -0.4 is 0 Å². The number of likely N-dealkylation sites (tertiary alicyclic amines) is 1. The lowest BCUT2D eigenvalue weighted by molar-refractivity contribution is -0.143. The molecule has 1 heterocycles. The molecule has 0 aromatic heterocycles. The molecule has 0 spiro atoms. The Hall–Kier alpha value is -0.570. The molecule has 0 radical (unpaired) electrons. The average molecular weight is 440 g/mol. The molecule has 0 aliphatic carbocycles. The van der Waals surface area contributed by atoms with Crippen molar-refractivity contribution in [1.29, 1.82) is 0 Å². The van der Waals surface area contributed by atoms with Crippen molar-refractivity contribution in [2.45, 2.75) is 144 Å². The SMILES string of the molecule is CC1CN(C)C(C)(C)C1(C)C.CCCCCCCCCCCCCCCC(=O)OCC. The quantitative estimate of drug-likeness (QED) is 0.189. The second kappa shape index (κ2) is 17.0. The van der Waals surface area contributed by atoms with Crippen molar-refractivity contribution in [3.63, 3.8) is 0 Å². The molecule has 1 rings (SSSR count). The highest BCUT2D eigenvalue weighted by Gasteiger charge is 2.49. The van der Waals surface area contributed by atoms with Gasteiger partial charge < -0.3 is 9.64 Å². The van der Waals surface area contributed by atoms with Crippen LogP contribution in [0.5, 0.6) is 0 Å². The molecule has 1 unspecified atom stereocenters. The van der Waals surface area contributed by atoms with E-state index < -0.39 is 0 Å². The lowest BCUT2D eigenvalue weighted by atomic mass is 9.70. The van der Waals surface area contributed by atoms with Crippen molar-refractivity contribution < 1.29 is 9.53 Å². The third kappa shape index (κ3) is 12.3. The van der Waals surface area contributed by atoms with Crippen molar-refractivity contribution in [2.24, 2.45) is 11.3 Å². The Balaban J connectivity index is 0.000000683. The van der Waals surface area contributed by atoms with Gasteiger partial charge in [-0.15, -0.1) is 0 Å². The molecular formula is C28H57NO2. The first-order chi connectivity index (χ1) is 14.6. The van der Waals surface area contributed by atoms with Gasteiger partial charge in [0.15, 0.2) is 0 Å². The van der Waals surface area contributed by atoms with Gasteiger partial charge in [0.25, 0.3) is 0 Å². The van der Waals surface area contributed by atoms with Gasteiger partial charge in [-0.25, -0.2) is 0 Å². The van der Waals surface area contributed by atoms with Gasteiger partial charge in [-0.05, 0) is 45.6 Å². The monoisotopic (exact) mass is 439 g/mol. The van der Waals surface area contributed by atoms with E-state index in [0.717, 1.165) is 12.3 Å². The maximum absolute atomic E-state index is 11.1. The van der Waals surface area contributed by atoms with Crippen molar-refractivity contribution in [1.82, 2.24) is 4.90 Å². The number of carbonyl (C=O) groups is 1. The lowest BCUT2D eigenvalue weighted by Gasteiger charge is -2.40. The zero-order valence-electron chi connectivity index (χ0n) is 22.7. The first kappa shape index (κ1) is 30.4. The van der Waals surface area contributed by atoms with Crippen LogP contribution in [0, 0.1) is 11.3 Å². The van der Waals surface area contributed by atoms with Crippen molar-refractivity contribution in [3.8, 4) is 0 Å². The van der Waals surface area contributed by atoms with Gasteiger partial charge in [-0.3, -0.25) is 4.79 Å². The Labute approximate surface area is 196 Å². The van der Waals surface area contributed by atoms with Crippen molar-refractivity contribution >= 4 is 5.97 Å². The number of ether oxygens (including phenoxy) is 1. The number of hydrogen-bond donors (Lipinski definition) is 0. The van der Waals surface area contributed by atoms with Crippen LogP contribution >= 0.6 is 0 Å². The fraction of sp³-hybridized carbons (Fsp3) is 0.964. The molecule has 0 saturated carbocycles. The molecule has 1 fully saturated rings. The summed E-state index contributed by atoms with van der Waals surface area (Å²) >= 11 is 0.